The Balaban J connectivity index is 1.75. The third-order valence-electron chi connectivity index (χ3n) is 4.71. The van der Waals surface area contributed by atoms with Gasteiger partial charge >= 0.3 is 12.3 Å². The molecule has 2 fully saturated rings. The van der Waals surface area contributed by atoms with Crippen LogP contribution in [0.15, 0.2) is 24.3 Å². The molecule has 8 heteroatoms. The number of nitrogens with one attached hydrogen (secondary N) is 1. The fourth-order valence-corrected chi connectivity index (χ4v) is 3.61. The second-order valence-corrected chi connectivity index (χ2v) is 6.57. The molecule has 24 heavy (non-hydrogen) atoms. The minimum absolute atomic E-state index is 0.188. The molecule has 2 bridgehead atoms. The van der Waals surface area contributed by atoms with Gasteiger partial charge in [-0.2, -0.15) is 22.0 Å². The molecule has 2 aliphatic rings. The lowest BCUT2D eigenvalue weighted by Gasteiger charge is -2.45. The highest BCUT2D eigenvalue weighted by Crippen LogP contribution is 2.41. The van der Waals surface area contributed by atoms with Crippen LogP contribution in [0.25, 0.3) is 0 Å². The third kappa shape index (κ3) is 3.35. The summed E-state index contributed by atoms with van der Waals surface area (Å²) in [5.74, 6) is -0.598. The summed E-state index contributed by atoms with van der Waals surface area (Å²) in [5.41, 5.74) is -0.602. The molecule has 1 aromatic rings. The SMILES string of the molecule is OC1(c2ccc(OC(F)(F)C(F)(F)F)cc2)CC2CCCC(C1)N2. The van der Waals surface area contributed by atoms with Gasteiger partial charge < -0.3 is 15.2 Å². The average Bonchev–Trinajstić information content (AvgIpc) is 2.45. The average molecular weight is 351 g/mol. The normalized spacial score (nSPS) is 30.9. The molecule has 0 amide bonds. The van der Waals surface area contributed by atoms with Gasteiger partial charge in [0.25, 0.3) is 0 Å². The lowest BCUT2D eigenvalue weighted by molar-refractivity contribution is -0.360. The van der Waals surface area contributed by atoms with E-state index >= 15 is 0 Å². The van der Waals surface area contributed by atoms with E-state index in [-0.39, 0.29) is 12.1 Å². The van der Waals surface area contributed by atoms with E-state index in [0.29, 0.717) is 18.4 Å². The van der Waals surface area contributed by atoms with Crippen molar-refractivity contribution in [2.45, 2.75) is 62.1 Å². The molecule has 2 unspecified atom stereocenters. The predicted molar refractivity (Wildman–Crippen MR) is 75.8 cm³/mol. The minimum Gasteiger partial charge on any atom is -0.426 e. The van der Waals surface area contributed by atoms with Crippen LogP contribution in [0, 0.1) is 0 Å². The zero-order chi connectivity index (χ0) is 17.6. The van der Waals surface area contributed by atoms with Crippen molar-refractivity contribution < 1.29 is 31.8 Å². The molecule has 2 heterocycles. The van der Waals surface area contributed by atoms with Gasteiger partial charge in [0.15, 0.2) is 0 Å². The Morgan fingerprint density at radius 1 is 1.00 bits per heavy atom. The Morgan fingerprint density at radius 3 is 2.04 bits per heavy atom. The lowest BCUT2D eigenvalue weighted by atomic mass is 9.74. The van der Waals surface area contributed by atoms with Crippen molar-refractivity contribution in [1.29, 1.82) is 0 Å². The molecular formula is C16H18F5NO2. The Morgan fingerprint density at radius 2 is 1.54 bits per heavy atom. The maximum Gasteiger partial charge on any atom is 0.499 e. The van der Waals surface area contributed by atoms with Gasteiger partial charge in [0.05, 0.1) is 5.60 Å². The van der Waals surface area contributed by atoms with Crippen molar-refractivity contribution in [2.75, 3.05) is 0 Å². The summed E-state index contributed by atoms with van der Waals surface area (Å²) in [6.45, 7) is 0. The summed E-state index contributed by atoms with van der Waals surface area (Å²) < 4.78 is 66.0. The van der Waals surface area contributed by atoms with Gasteiger partial charge in [-0.3, -0.25) is 0 Å². The number of benzene rings is 1. The molecule has 2 aliphatic heterocycles. The van der Waals surface area contributed by atoms with Crippen molar-refractivity contribution in [3.05, 3.63) is 29.8 Å². The standard InChI is InChI=1S/C16H18F5NO2/c17-15(18,19)16(20,21)24-13-6-4-10(5-7-13)14(23)8-11-2-1-3-12(9-14)22-11/h4-7,11-12,22-23H,1-3,8-9H2. The van der Waals surface area contributed by atoms with Crippen LogP contribution >= 0.6 is 0 Å². The van der Waals surface area contributed by atoms with Crippen LogP contribution in [0.5, 0.6) is 5.75 Å². The summed E-state index contributed by atoms with van der Waals surface area (Å²) >= 11 is 0. The van der Waals surface area contributed by atoms with Gasteiger partial charge in [-0.05, 0) is 43.4 Å². The fourth-order valence-electron chi connectivity index (χ4n) is 3.61. The van der Waals surface area contributed by atoms with Crippen LogP contribution in [0.3, 0.4) is 0 Å². The fraction of sp³-hybridized carbons (Fsp3) is 0.625. The number of hydrogen-bond acceptors (Lipinski definition) is 3. The molecule has 2 saturated heterocycles. The Kier molecular flexibility index (Phi) is 4.24. The van der Waals surface area contributed by atoms with Gasteiger partial charge in [-0.1, -0.05) is 18.6 Å². The summed E-state index contributed by atoms with van der Waals surface area (Å²) in [6.07, 6.45) is -7.05. The molecule has 134 valence electrons. The van der Waals surface area contributed by atoms with Gasteiger partial charge in [0.1, 0.15) is 5.75 Å². The molecule has 0 spiro atoms. The molecule has 2 N–H and O–H groups in total. The third-order valence-corrected chi connectivity index (χ3v) is 4.71. The van der Waals surface area contributed by atoms with Crippen molar-refractivity contribution in [2.24, 2.45) is 0 Å². The van der Waals surface area contributed by atoms with Crippen molar-refractivity contribution in [3.8, 4) is 5.75 Å². The highest BCUT2D eigenvalue weighted by atomic mass is 19.4. The van der Waals surface area contributed by atoms with E-state index in [1.165, 1.54) is 12.1 Å². The quantitative estimate of drug-likeness (QED) is 0.816. The minimum atomic E-state index is -5.78. The number of halogens is 5. The maximum atomic E-state index is 12.9. The number of aliphatic hydroxyl groups is 1. The van der Waals surface area contributed by atoms with Gasteiger partial charge in [0.2, 0.25) is 0 Å². The largest absolute Gasteiger partial charge is 0.499 e. The second-order valence-electron chi connectivity index (χ2n) is 6.57. The molecule has 1 aromatic carbocycles. The van der Waals surface area contributed by atoms with Crippen molar-refractivity contribution in [3.63, 3.8) is 0 Å². The first-order valence-corrected chi connectivity index (χ1v) is 7.82. The summed E-state index contributed by atoms with van der Waals surface area (Å²) in [5, 5.41) is 14.3. The van der Waals surface area contributed by atoms with E-state index in [2.05, 4.69) is 10.1 Å². The molecular weight excluding hydrogens is 333 g/mol. The molecule has 3 nitrogen and oxygen atoms in total. The number of piperidine rings is 2. The molecule has 0 aromatic heterocycles. The van der Waals surface area contributed by atoms with E-state index in [4.69, 9.17) is 0 Å². The van der Waals surface area contributed by atoms with Gasteiger partial charge in [-0.25, -0.2) is 0 Å². The van der Waals surface area contributed by atoms with E-state index in [1.54, 1.807) is 0 Å². The Labute approximate surface area is 135 Å². The van der Waals surface area contributed by atoms with Crippen molar-refractivity contribution in [1.82, 2.24) is 5.32 Å². The molecule has 0 saturated carbocycles. The summed E-state index contributed by atoms with van der Waals surface area (Å²) in [6, 6.07) is 5.14. The highest BCUT2D eigenvalue weighted by molar-refractivity contribution is 5.32. The summed E-state index contributed by atoms with van der Waals surface area (Å²) in [7, 11) is 0. The zero-order valence-electron chi connectivity index (χ0n) is 12.7. The van der Waals surface area contributed by atoms with Gasteiger partial charge in [0, 0.05) is 12.1 Å². The van der Waals surface area contributed by atoms with Crippen molar-refractivity contribution >= 4 is 0 Å². The van der Waals surface area contributed by atoms with Crippen LogP contribution < -0.4 is 10.1 Å². The predicted octanol–water partition coefficient (Wildman–Crippen LogP) is 3.71. The van der Waals surface area contributed by atoms with E-state index in [9.17, 15) is 27.1 Å². The number of ether oxygens (including phenoxy) is 1. The molecule has 0 aliphatic carbocycles. The Bertz CT molecular complexity index is 575. The molecule has 2 atom stereocenters. The monoisotopic (exact) mass is 351 g/mol. The number of fused-ring (bicyclic) bond motifs is 2. The van der Waals surface area contributed by atoms with E-state index < -0.39 is 23.6 Å². The second kappa shape index (κ2) is 5.84. The topological polar surface area (TPSA) is 41.5 Å². The molecule has 3 rings (SSSR count). The zero-order valence-corrected chi connectivity index (χ0v) is 12.7. The smallest absolute Gasteiger partial charge is 0.426 e. The van der Waals surface area contributed by atoms with E-state index in [1.807, 2.05) is 0 Å². The number of alkyl halides is 5. The molecule has 0 radical (unpaired) electrons. The first kappa shape index (κ1) is 17.4. The number of rotatable bonds is 3. The number of hydrogen-bond donors (Lipinski definition) is 2. The highest BCUT2D eigenvalue weighted by Gasteiger charge is 2.61. The maximum absolute atomic E-state index is 12.9. The first-order chi connectivity index (χ1) is 11.1. The van der Waals surface area contributed by atoms with E-state index in [0.717, 1.165) is 31.4 Å². The van der Waals surface area contributed by atoms with Crippen LogP contribution in [0.1, 0.15) is 37.7 Å². The Hall–Kier alpha value is -1.41. The first-order valence-electron chi connectivity index (χ1n) is 7.82. The van der Waals surface area contributed by atoms with Crippen LogP contribution in [-0.2, 0) is 5.60 Å². The summed E-state index contributed by atoms with van der Waals surface area (Å²) in [4.78, 5) is 0. The van der Waals surface area contributed by atoms with Crippen LogP contribution in [0.4, 0.5) is 22.0 Å². The lowest BCUT2D eigenvalue weighted by Crippen LogP contribution is -2.54. The van der Waals surface area contributed by atoms with Gasteiger partial charge in [-0.15, -0.1) is 0 Å². The van der Waals surface area contributed by atoms with Crippen LogP contribution in [0.2, 0.25) is 0 Å². The van der Waals surface area contributed by atoms with Crippen LogP contribution in [-0.4, -0.2) is 29.5 Å².